The van der Waals surface area contributed by atoms with Crippen molar-refractivity contribution in [2.75, 3.05) is 24.7 Å². The summed E-state index contributed by atoms with van der Waals surface area (Å²) in [4.78, 5) is 36.4. The molecule has 10 nitrogen and oxygen atoms in total. The van der Waals surface area contributed by atoms with E-state index in [2.05, 4.69) is 31.2 Å². The molecule has 1 atom stereocenters. The number of pyridine rings is 1. The fourth-order valence-corrected chi connectivity index (χ4v) is 6.41. The Labute approximate surface area is 224 Å². The minimum Gasteiger partial charge on any atom is -0.507 e. The molecule has 0 bridgehead atoms. The first-order valence-electron chi connectivity index (χ1n) is 10.7. The molecule has 1 aliphatic rings. The number of nitrogens with one attached hydrogen (secondary N) is 2. The average Bonchev–Trinajstić information content (AvgIpc) is 3.25. The van der Waals surface area contributed by atoms with Crippen LogP contribution in [-0.4, -0.2) is 59.6 Å². The number of rotatable bonds is 7. The number of benzene rings is 1. The molecule has 1 aliphatic heterocycles. The van der Waals surface area contributed by atoms with Crippen LogP contribution in [0.15, 0.2) is 56.3 Å². The molecule has 36 heavy (non-hydrogen) atoms. The number of halogens is 1. The van der Waals surface area contributed by atoms with Gasteiger partial charge in [0.05, 0.1) is 28.1 Å². The van der Waals surface area contributed by atoms with Crippen LogP contribution in [0.1, 0.15) is 23.2 Å². The number of carbonyl (C=O) groups excluding carboxylic acids is 2. The van der Waals surface area contributed by atoms with Crippen LogP contribution in [-0.2, 0) is 14.8 Å². The van der Waals surface area contributed by atoms with Gasteiger partial charge in [-0.3, -0.25) is 14.3 Å². The minimum absolute atomic E-state index is 0.0739. The molecule has 0 spiro atoms. The number of piperidine rings is 1. The molecule has 3 N–H and O–H groups in total. The van der Waals surface area contributed by atoms with Gasteiger partial charge in [-0.05, 0) is 59.1 Å². The number of thiazole rings is 1. The first-order chi connectivity index (χ1) is 17.1. The van der Waals surface area contributed by atoms with E-state index < -0.39 is 27.8 Å². The summed E-state index contributed by atoms with van der Waals surface area (Å²) in [6.07, 6.45) is 3.65. The number of hydrogen-bond donors (Lipinski definition) is 3. The van der Waals surface area contributed by atoms with Gasteiger partial charge in [0.2, 0.25) is 15.9 Å². The molecule has 3 heterocycles. The van der Waals surface area contributed by atoms with Gasteiger partial charge in [0.15, 0.2) is 5.13 Å². The first kappa shape index (κ1) is 26.4. The molecule has 1 saturated heterocycles. The molecule has 3 aromatic rings. The van der Waals surface area contributed by atoms with Gasteiger partial charge >= 0.3 is 0 Å². The summed E-state index contributed by atoms with van der Waals surface area (Å²) in [5.74, 6) is -1.20. The van der Waals surface area contributed by atoms with Crippen molar-refractivity contribution in [3.05, 3.63) is 52.8 Å². The summed E-state index contributed by atoms with van der Waals surface area (Å²) >= 11 is 6.14. The lowest BCUT2D eigenvalue weighted by Crippen LogP contribution is -2.46. The molecule has 0 saturated carbocycles. The number of amides is 2. The third kappa shape index (κ3) is 6.96. The van der Waals surface area contributed by atoms with Crippen LogP contribution >= 0.6 is 39.0 Å². The molecule has 14 heteroatoms. The third-order valence-corrected chi connectivity index (χ3v) is 8.23. The molecule has 4 rings (SSSR count). The SMILES string of the molecule is CS(=O)(=O)NC(=O)C1CCCN(C(=O)c2cc(Sc3cnc(Nc4cccc(Br)n4)s3)ccc2O)C1. The molecular formula is C22H22BrN5O5S3. The number of hydrogen-bond acceptors (Lipinski definition) is 10. The molecule has 1 unspecified atom stereocenters. The van der Waals surface area contributed by atoms with Crippen molar-refractivity contribution in [3.63, 3.8) is 0 Å². The Balaban J connectivity index is 1.44. The van der Waals surface area contributed by atoms with E-state index in [1.54, 1.807) is 18.3 Å². The van der Waals surface area contributed by atoms with Crippen LogP contribution in [0.25, 0.3) is 0 Å². The maximum atomic E-state index is 13.2. The Morgan fingerprint density at radius 2 is 2.08 bits per heavy atom. The van der Waals surface area contributed by atoms with Crippen LogP contribution in [0.2, 0.25) is 0 Å². The fourth-order valence-electron chi connectivity index (χ4n) is 3.63. The van der Waals surface area contributed by atoms with E-state index in [9.17, 15) is 23.1 Å². The third-order valence-electron chi connectivity index (χ3n) is 5.22. The molecule has 0 aliphatic carbocycles. The van der Waals surface area contributed by atoms with Crippen molar-refractivity contribution in [3.8, 4) is 5.75 Å². The van der Waals surface area contributed by atoms with Crippen LogP contribution in [0.3, 0.4) is 0 Å². The number of likely N-dealkylation sites (tertiary alicyclic amines) is 1. The van der Waals surface area contributed by atoms with Crippen molar-refractivity contribution >= 4 is 71.8 Å². The lowest BCUT2D eigenvalue weighted by molar-refractivity contribution is -0.124. The lowest BCUT2D eigenvalue weighted by Gasteiger charge is -2.32. The van der Waals surface area contributed by atoms with Gasteiger partial charge in [-0.15, -0.1) is 0 Å². The van der Waals surface area contributed by atoms with E-state index in [-0.39, 0.29) is 17.9 Å². The maximum Gasteiger partial charge on any atom is 0.257 e. The number of carbonyl (C=O) groups is 2. The Bertz CT molecular complexity index is 1400. The second kappa shape index (κ2) is 11.2. The first-order valence-corrected chi connectivity index (χ1v) is 15.1. The zero-order valence-corrected chi connectivity index (χ0v) is 23.0. The number of phenols is 1. The van der Waals surface area contributed by atoms with Gasteiger partial charge in [-0.1, -0.05) is 29.2 Å². The van der Waals surface area contributed by atoms with E-state index in [0.29, 0.717) is 34.9 Å². The second-order valence-corrected chi connectivity index (χ2v) is 13.0. The van der Waals surface area contributed by atoms with Gasteiger partial charge in [0, 0.05) is 18.0 Å². The van der Waals surface area contributed by atoms with Gasteiger partial charge in [0.1, 0.15) is 16.2 Å². The maximum absolute atomic E-state index is 13.2. The Morgan fingerprint density at radius 3 is 2.83 bits per heavy atom. The molecule has 2 amide bonds. The summed E-state index contributed by atoms with van der Waals surface area (Å²) in [6, 6.07) is 10.3. The Kier molecular flexibility index (Phi) is 8.17. The van der Waals surface area contributed by atoms with Crippen molar-refractivity contribution in [2.24, 2.45) is 5.92 Å². The Hall–Kier alpha value is -2.68. The van der Waals surface area contributed by atoms with Crippen LogP contribution in [0, 0.1) is 5.92 Å². The van der Waals surface area contributed by atoms with E-state index in [1.165, 1.54) is 34.1 Å². The van der Waals surface area contributed by atoms with E-state index in [0.717, 1.165) is 15.4 Å². The topological polar surface area (TPSA) is 142 Å². The van der Waals surface area contributed by atoms with Crippen molar-refractivity contribution in [2.45, 2.75) is 21.9 Å². The Morgan fingerprint density at radius 1 is 1.28 bits per heavy atom. The molecule has 190 valence electrons. The van der Waals surface area contributed by atoms with Gasteiger partial charge in [0.25, 0.3) is 5.91 Å². The normalized spacial score (nSPS) is 15.9. The largest absolute Gasteiger partial charge is 0.507 e. The van der Waals surface area contributed by atoms with E-state index in [4.69, 9.17) is 0 Å². The molecule has 2 aromatic heterocycles. The number of sulfonamides is 1. The van der Waals surface area contributed by atoms with Gasteiger partial charge in [-0.2, -0.15) is 0 Å². The predicted octanol–water partition coefficient (Wildman–Crippen LogP) is 3.83. The second-order valence-electron chi connectivity index (χ2n) is 8.06. The minimum atomic E-state index is -3.68. The van der Waals surface area contributed by atoms with E-state index in [1.807, 2.05) is 22.9 Å². The number of aromatic hydroxyl groups is 1. The molecule has 1 aromatic carbocycles. The zero-order chi connectivity index (χ0) is 25.9. The van der Waals surface area contributed by atoms with Crippen LogP contribution < -0.4 is 10.0 Å². The highest BCUT2D eigenvalue weighted by Crippen LogP contribution is 2.37. The van der Waals surface area contributed by atoms with Crippen molar-refractivity contribution in [1.82, 2.24) is 19.6 Å². The highest BCUT2D eigenvalue weighted by Gasteiger charge is 2.31. The summed E-state index contributed by atoms with van der Waals surface area (Å²) in [5.41, 5.74) is 0.116. The van der Waals surface area contributed by atoms with E-state index >= 15 is 0 Å². The number of nitrogens with zero attached hydrogens (tertiary/aromatic N) is 3. The quantitative estimate of drug-likeness (QED) is 0.340. The lowest BCUT2D eigenvalue weighted by atomic mass is 9.97. The van der Waals surface area contributed by atoms with Crippen molar-refractivity contribution in [1.29, 1.82) is 0 Å². The number of aromatic nitrogens is 2. The number of anilines is 2. The average molecular weight is 613 g/mol. The molecular weight excluding hydrogens is 590 g/mol. The fraction of sp³-hybridized carbons (Fsp3) is 0.273. The summed E-state index contributed by atoms with van der Waals surface area (Å²) < 4.78 is 26.4. The highest BCUT2D eigenvalue weighted by atomic mass is 79.9. The standard InChI is InChI=1S/C22H22BrN5O5S3/c1-36(32,33)27-20(30)13-4-3-9-28(12-13)21(31)15-10-14(7-8-16(15)29)34-19-11-24-22(35-19)26-18-6-2-5-17(23)25-18/h2,5-8,10-11,13,29H,3-4,9,12H2,1H3,(H,27,30)(H,24,25,26). The monoisotopic (exact) mass is 611 g/mol. The smallest absolute Gasteiger partial charge is 0.257 e. The number of phenolic OH excluding ortho intramolecular Hbond substituents is 1. The van der Waals surface area contributed by atoms with Crippen LogP contribution in [0.5, 0.6) is 5.75 Å². The summed E-state index contributed by atoms with van der Waals surface area (Å²) in [7, 11) is -3.68. The molecule has 0 radical (unpaired) electrons. The van der Waals surface area contributed by atoms with Gasteiger partial charge in [-0.25, -0.2) is 18.4 Å². The highest BCUT2D eigenvalue weighted by molar-refractivity contribution is 9.10. The zero-order valence-electron chi connectivity index (χ0n) is 19.0. The predicted molar refractivity (Wildman–Crippen MR) is 141 cm³/mol. The summed E-state index contributed by atoms with van der Waals surface area (Å²) in [5, 5.41) is 14.2. The van der Waals surface area contributed by atoms with Crippen molar-refractivity contribution < 1.29 is 23.1 Å². The summed E-state index contributed by atoms with van der Waals surface area (Å²) in [6.45, 7) is 0.482. The molecule has 1 fully saturated rings. The van der Waals surface area contributed by atoms with Crippen LogP contribution in [0.4, 0.5) is 10.9 Å². The van der Waals surface area contributed by atoms with Gasteiger partial charge < -0.3 is 15.3 Å².